The highest BCUT2D eigenvalue weighted by Crippen LogP contribution is 2.39. The molecule has 1 aliphatic rings. The molecule has 1 aliphatic heterocycles. The topological polar surface area (TPSA) is 64.3 Å². The van der Waals surface area contributed by atoms with Crippen molar-refractivity contribution in [1.82, 2.24) is 19.2 Å². The highest BCUT2D eigenvalue weighted by atomic mass is 35.5. The fourth-order valence-corrected chi connectivity index (χ4v) is 5.17. The number of aryl methyl sites for hydroxylation is 1. The van der Waals surface area contributed by atoms with E-state index in [1.807, 2.05) is 102 Å². The Hall–Kier alpha value is -4.49. The second-order valence-electron chi connectivity index (χ2n) is 9.18. The molecule has 6 rings (SSSR count). The number of benzene rings is 3. The molecule has 38 heavy (non-hydrogen) atoms. The maximum atomic E-state index is 14.0. The largest absolute Gasteiger partial charge is 0.497 e. The van der Waals surface area contributed by atoms with E-state index in [0.29, 0.717) is 23.0 Å². The van der Waals surface area contributed by atoms with Crippen molar-refractivity contribution < 1.29 is 9.53 Å². The van der Waals surface area contributed by atoms with Crippen LogP contribution in [0.1, 0.15) is 28.6 Å². The van der Waals surface area contributed by atoms with Crippen molar-refractivity contribution in [2.24, 2.45) is 0 Å². The molecule has 0 saturated heterocycles. The number of para-hydroxylation sites is 1. The highest BCUT2D eigenvalue weighted by Gasteiger charge is 2.36. The van der Waals surface area contributed by atoms with E-state index in [4.69, 9.17) is 21.4 Å². The second kappa shape index (κ2) is 9.76. The average molecular weight is 524 g/mol. The van der Waals surface area contributed by atoms with Crippen molar-refractivity contribution in [2.45, 2.75) is 19.5 Å². The average Bonchev–Trinajstić information content (AvgIpc) is 3.50. The van der Waals surface area contributed by atoms with Gasteiger partial charge in [0.25, 0.3) is 0 Å². The maximum absolute atomic E-state index is 14.0. The molecule has 2 amide bonds. The predicted molar refractivity (Wildman–Crippen MR) is 148 cm³/mol. The minimum absolute atomic E-state index is 0.231. The van der Waals surface area contributed by atoms with Crippen molar-refractivity contribution >= 4 is 23.3 Å². The lowest BCUT2D eigenvalue weighted by atomic mass is 10.0. The Morgan fingerprint density at radius 1 is 1.00 bits per heavy atom. The summed E-state index contributed by atoms with van der Waals surface area (Å²) in [6.07, 6.45) is 2.03. The molecule has 1 unspecified atom stereocenters. The van der Waals surface area contributed by atoms with Gasteiger partial charge >= 0.3 is 6.03 Å². The first kappa shape index (κ1) is 23.9. The van der Waals surface area contributed by atoms with Crippen LogP contribution in [0.15, 0.2) is 97.2 Å². The second-order valence-corrected chi connectivity index (χ2v) is 9.62. The molecule has 0 fully saturated rings. The van der Waals surface area contributed by atoms with E-state index in [-0.39, 0.29) is 12.1 Å². The monoisotopic (exact) mass is 523 g/mol. The van der Waals surface area contributed by atoms with Gasteiger partial charge in [-0.25, -0.2) is 9.48 Å². The summed E-state index contributed by atoms with van der Waals surface area (Å²) in [6.45, 7) is 2.35. The lowest BCUT2D eigenvalue weighted by molar-refractivity contribution is 0.194. The summed E-state index contributed by atoms with van der Waals surface area (Å²) >= 11 is 6.24. The summed E-state index contributed by atoms with van der Waals surface area (Å²) in [6, 6.07) is 28.5. The van der Waals surface area contributed by atoms with Crippen molar-refractivity contribution in [3.8, 4) is 17.3 Å². The van der Waals surface area contributed by atoms with Crippen molar-refractivity contribution in [1.29, 1.82) is 0 Å². The molecule has 1 atom stereocenters. The molecule has 0 bridgehead atoms. The number of hydrogen-bond acceptors (Lipinski definition) is 3. The van der Waals surface area contributed by atoms with Gasteiger partial charge in [0.2, 0.25) is 0 Å². The minimum atomic E-state index is -0.371. The number of hydrogen-bond donors (Lipinski definition) is 1. The van der Waals surface area contributed by atoms with Crippen molar-refractivity contribution in [3.63, 3.8) is 0 Å². The number of methoxy groups -OCH3 is 1. The van der Waals surface area contributed by atoms with Gasteiger partial charge in [0.1, 0.15) is 11.6 Å². The van der Waals surface area contributed by atoms with Gasteiger partial charge in [-0.05, 0) is 61.0 Å². The van der Waals surface area contributed by atoms with Crippen LogP contribution in [0.5, 0.6) is 5.75 Å². The van der Waals surface area contributed by atoms with Gasteiger partial charge in [-0.1, -0.05) is 48.0 Å². The Labute approximate surface area is 225 Å². The molecule has 3 aromatic carbocycles. The summed E-state index contributed by atoms with van der Waals surface area (Å²) in [5, 5.41) is 8.62. The molecule has 7 nitrogen and oxygen atoms in total. The van der Waals surface area contributed by atoms with E-state index in [1.54, 1.807) is 13.2 Å². The third-order valence-corrected chi connectivity index (χ3v) is 7.11. The van der Waals surface area contributed by atoms with Gasteiger partial charge < -0.3 is 19.5 Å². The molecule has 8 heteroatoms. The summed E-state index contributed by atoms with van der Waals surface area (Å²) in [5.41, 5.74) is 5.35. The molecule has 0 radical (unpaired) electrons. The Kier molecular flexibility index (Phi) is 6.13. The molecular formula is C30H26ClN5O2. The third kappa shape index (κ3) is 4.21. The quantitative estimate of drug-likeness (QED) is 0.283. The Bertz CT molecular complexity index is 1610. The van der Waals surface area contributed by atoms with Crippen molar-refractivity contribution in [3.05, 3.63) is 125 Å². The van der Waals surface area contributed by atoms with E-state index in [0.717, 1.165) is 34.0 Å². The molecule has 2 aromatic heterocycles. The standard InChI is InChI=1S/C30H26ClN5O2/c1-20-26-19-35(30(37)32-23-8-6-11-25(18-23)38-2)28(21-13-15-22(31)16-14-21)27-12-7-17-34(27)29(26)36(33-20)24-9-4-3-5-10-24/h3-18,28H,19H2,1-2H3,(H,32,37). The Morgan fingerprint density at radius 3 is 2.55 bits per heavy atom. The molecule has 5 aromatic rings. The van der Waals surface area contributed by atoms with E-state index < -0.39 is 0 Å². The van der Waals surface area contributed by atoms with E-state index >= 15 is 0 Å². The highest BCUT2D eigenvalue weighted by molar-refractivity contribution is 6.30. The number of rotatable bonds is 4. The van der Waals surface area contributed by atoms with Crippen LogP contribution < -0.4 is 10.1 Å². The zero-order valence-corrected chi connectivity index (χ0v) is 21.8. The number of urea groups is 1. The van der Waals surface area contributed by atoms with Crippen LogP contribution in [0, 0.1) is 6.92 Å². The zero-order valence-electron chi connectivity index (χ0n) is 21.0. The van der Waals surface area contributed by atoms with Crippen LogP contribution in [-0.2, 0) is 6.54 Å². The summed E-state index contributed by atoms with van der Waals surface area (Å²) in [7, 11) is 1.61. The molecular weight excluding hydrogens is 498 g/mol. The molecule has 1 N–H and O–H groups in total. The predicted octanol–water partition coefficient (Wildman–Crippen LogP) is 6.77. The summed E-state index contributed by atoms with van der Waals surface area (Å²) < 4.78 is 9.45. The number of halogens is 1. The number of anilines is 1. The third-order valence-electron chi connectivity index (χ3n) is 6.85. The van der Waals surface area contributed by atoms with Crippen LogP contribution in [0.4, 0.5) is 10.5 Å². The van der Waals surface area contributed by atoms with Crippen molar-refractivity contribution in [2.75, 3.05) is 12.4 Å². The van der Waals surface area contributed by atoms with Gasteiger partial charge in [-0.2, -0.15) is 5.10 Å². The normalized spacial score (nSPS) is 14.4. The first-order chi connectivity index (χ1) is 18.5. The molecule has 0 spiro atoms. The summed E-state index contributed by atoms with van der Waals surface area (Å²) in [5.74, 6) is 1.59. The van der Waals surface area contributed by atoms with Crippen LogP contribution in [0.25, 0.3) is 11.5 Å². The fourth-order valence-electron chi connectivity index (χ4n) is 5.04. The number of ether oxygens (including phenoxy) is 1. The lowest BCUT2D eigenvalue weighted by Crippen LogP contribution is -2.38. The van der Waals surface area contributed by atoms with Gasteiger partial charge in [-0.15, -0.1) is 0 Å². The lowest BCUT2D eigenvalue weighted by Gasteiger charge is -2.31. The first-order valence-electron chi connectivity index (χ1n) is 12.3. The molecule has 190 valence electrons. The van der Waals surface area contributed by atoms with Gasteiger partial charge in [-0.3, -0.25) is 0 Å². The first-order valence-corrected chi connectivity index (χ1v) is 12.7. The number of carbonyl (C=O) groups excluding carboxylic acids is 1. The van der Waals surface area contributed by atoms with Crippen LogP contribution in [-0.4, -0.2) is 32.4 Å². The number of carbonyl (C=O) groups is 1. The van der Waals surface area contributed by atoms with Crippen LogP contribution in [0.3, 0.4) is 0 Å². The van der Waals surface area contributed by atoms with Crippen LogP contribution in [0.2, 0.25) is 5.02 Å². The Morgan fingerprint density at radius 2 is 1.79 bits per heavy atom. The number of aromatic nitrogens is 3. The summed E-state index contributed by atoms with van der Waals surface area (Å²) in [4.78, 5) is 15.9. The minimum Gasteiger partial charge on any atom is -0.497 e. The molecule has 0 saturated carbocycles. The van der Waals surface area contributed by atoms with E-state index in [1.165, 1.54) is 0 Å². The molecule has 0 aliphatic carbocycles. The van der Waals surface area contributed by atoms with Gasteiger partial charge in [0, 0.05) is 28.5 Å². The molecule has 3 heterocycles. The van der Waals surface area contributed by atoms with E-state index in [2.05, 4.69) is 16.0 Å². The number of fused-ring (bicyclic) bond motifs is 3. The zero-order chi connectivity index (χ0) is 26.2. The number of nitrogens with one attached hydrogen (secondary N) is 1. The van der Waals surface area contributed by atoms with E-state index in [9.17, 15) is 4.79 Å². The fraction of sp³-hybridized carbons (Fsp3) is 0.133. The smallest absolute Gasteiger partial charge is 0.322 e. The number of amides is 2. The Balaban J connectivity index is 1.52. The maximum Gasteiger partial charge on any atom is 0.322 e. The van der Waals surface area contributed by atoms with Gasteiger partial charge in [0.05, 0.1) is 36.8 Å². The van der Waals surface area contributed by atoms with Gasteiger partial charge in [0.15, 0.2) is 0 Å². The van der Waals surface area contributed by atoms with Crippen LogP contribution >= 0.6 is 11.6 Å². The SMILES string of the molecule is COc1cccc(NC(=O)N2Cc3c(C)nn(-c4ccccc4)c3-n3cccc3C2c2ccc(Cl)cc2)c1. The number of nitrogens with zero attached hydrogens (tertiary/aromatic N) is 4.